The molecule has 0 saturated heterocycles. The van der Waals surface area contributed by atoms with Gasteiger partial charge in [0, 0.05) is 28.6 Å². The summed E-state index contributed by atoms with van der Waals surface area (Å²) in [6.45, 7) is 1.91. The Kier molecular flexibility index (Phi) is 3.72. The Labute approximate surface area is 133 Å². The number of rotatable bonds is 3. The molecule has 3 rings (SSSR count). The van der Waals surface area contributed by atoms with Gasteiger partial charge in [-0.05, 0) is 31.2 Å². The molecule has 3 aromatic rings. The van der Waals surface area contributed by atoms with Crippen LogP contribution in [0.25, 0.3) is 22.5 Å². The summed E-state index contributed by atoms with van der Waals surface area (Å²) in [6, 6.07) is 10.7. The molecule has 1 amide bonds. The van der Waals surface area contributed by atoms with Crippen molar-refractivity contribution in [2.24, 2.45) is 5.73 Å². The maximum atomic E-state index is 11.1. The molecule has 1 aromatic carbocycles. The Morgan fingerprint density at radius 2 is 1.65 bits per heavy atom. The van der Waals surface area contributed by atoms with Crippen LogP contribution in [0.15, 0.2) is 48.8 Å². The molecule has 0 atom stereocenters. The zero-order chi connectivity index (χ0) is 16.4. The van der Waals surface area contributed by atoms with Crippen molar-refractivity contribution in [1.82, 2.24) is 15.0 Å². The van der Waals surface area contributed by atoms with Crippen molar-refractivity contribution in [2.45, 2.75) is 6.92 Å². The third-order valence-corrected chi connectivity index (χ3v) is 3.45. The summed E-state index contributed by atoms with van der Waals surface area (Å²) >= 11 is 0. The van der Waals surface area contributed by atoms with Crippen LogP contribution in [0.1, 0.15) is 16.1 Å². The van der Waals surface area contributed by atoms with Crippen molar-refractivity contribution < 1.29 is 4.79 Å². The fourth-order valence-electron chi connectivity index (χ4n) is 2.16. The van der Waals surface area contributed by atoms with Gasteiger partial charge in [-0.2, -0.15) is 0 Å². The molecule has 6 heteroatoms. The predicted octanol–water partition coefficient (Wildman–Crippen LogP) is 2.20. The van der Waals surface area contributed by atoms with Crippen molar-refractivity contribution in [1.29, 1.82) is 0 Å². The summed E-state index contributed by atoms with van der Waals surface area (Å²) in [6.07, 6.45) is 3.31. The zero-order valence-electron chi connectivity index (χ0n) is 12.5. The van der Waals surface area contributed by atoms with Crippen molar-refractivity contribution in [3.05, 3.63) is 60.0 Å². The lowest BCUT2D eigenvalue weighted by Gasteiger charge is -2.08. The lowest BCUT2D eigenvalue weighted by Crippen LogP contribution is -2.10. The standard InChI is InChI=1S/C17H15N5O/c1-10-2-3-13(8-20-10)15-16(18)21-9-14(22-15)11-4-6-12(7-5-11)17(19)23/h2-9H,1H3,(H2,18,21)(H2,19,23). The van der Waals surface area contributed by atoms with E-state index < -0.39 is 5.91 Å². The molecule has 0 aliphatic carbocycles. The van der Waals surface area contributed by atoms with Gasteiger partial charge < -0.3 is 11.5 Å². The van der Waals surface area contributed by atoms with Gasteiger partial charge in [-0.15, -0.1) is 0 Å². The van der Waals surface area contributed by atoms with E-state index in [1.54, 1.807) is 36.7 Å². The number of amides is 1. The molecular formula is C17H15N5O. The van der Waals surface area contributed by atoms with E-state index in [0.717, 1.165) is 16.8 Å². The van der Waals surface area contributed by atoms with Gasteiger partial charge in [-0.3, -0.25) is 9.78 Å². The van der Waals surface area contributed by atoms with Crippen LogP contribution < -0.4 is 11.5 Å². The van der Waals surface area contributed by atoms with Crippen molar-refractivity contribution in [3.63, 3.8) is 0 Å². The molecule has 4 N–H and O–H groups in total. The van der Waals surface area contributed by atoms with E-state index in [2.05, 4.69) is 15.0 Å². The van der Waals surface area contributed by atoms with Gasteiger partial charge >= 0.3 is 0 Å². The van der Waals surface area contributed by atoms with Crippen LogP contribution in [0.3, 0.4) is 0 Å². The van der Waals surface area contributed by atoms with Gasteiger partial charge in [0.1, 0.15) is 11.5 Å². The number of benzene rings is 1. The summed E-state index contributed by atoms with van der Waals surface area (Å²) in [5.41, 5.74) is 15.4. The molecule has 0 bridgehead atoms. The molecule has 0 unspecified atom stereocenters. The summed E-state index contributed by atoms with van der Waals surface area (Å²) in [4.78, 5) is 24.2. The third-order valence-electron chi connectivity index (χ3n) is 3.45. The second-order valence-electron chi connectivity index (χ2n) is 5.12. The van der Waals surface area contributed by atoms with Crippen LogP contribution in [0.4, 0.5) is 5.82 Å². The van der Waals surface area contributed by atoms with Crippen LogP contribution in [-0.2, 0) is 0 Å². The topological polar surface area (TPSA) is 108 Å². The number of anilines is 1. The second kappa shape index (κ2) is 5.84. The molecule has 2 aromatic heterocycles. The Morgan fingerprint density at radius 1 is 0.957 bits per heavy atom. The highest BCUT2D eigenvalue weighted by molar-refractivity contribution is 5.93. The van der Waals surface area contributed by atoms with Gasteiger partial charge in [0.05, 0.1) is 11.9 Å². The number of pyridine rings is 1. The molecule has 0 radical (unpaired) electrons. The van der Waals surface area contributed by atoms with Gasteiger partial charge in [-0.25, -0.2) is 9.97 Å². The minimum atomic E-state index is -0.466. The van der Waals surface area contributed by atoms with E-state index in [0.29, 0.717) is 22.8 Å². The fourth-order valence-corrected chi connectivity index (χ4v) is 2.16. The van der Waals surface area contributed by atoms with Crippen molar-refractivity contribution in [3.8, 4) is 22.5 Å². The molecule has 0 saturated carbocycles. The number of hydrogen-bond donors (Lipinski definition) is 2. The highest BCUT2D eigenvalue weighted by atomic mass is 16.1. The fraction of sp³-hybridized carbons (Fsp3) is 0.0588. The molecule has 114 valence electrons. The quantitative estimate of drug-likeness (QED) is 0.771. The number of nitrogens with two attached hydrogens (primary N) is 2. The molecule has 0 fully saturated rings. The highest BCUT2D eigenvalue weighted by Crippen LogP contribution is 2.25. The molecular weight excluding hydrogens is 290 g/mol. The molecule has 23 heavy (non-hydrogen) atoms. The van der Waals surface area contributed by atoms with Gasteiger partial charge in [0.2, 0.25) is 5.91 Å². The molecule has 2 heterocycles. The molecule has 6 nitrogen and oxygen atoms in total. The summed E-state index contributed by atoms with van der Waals surface area (Å²) in [5.74, 6) is -0.125. The van der Waals surface area contributed by atoms with E-state index in [4.69, 9.17) is 11.5 Å². The summed E-state index contributed by atoms with van der Waals surface area (Å²) in [7, 11) is 0. The predicted molar refractivity (Wildman–Crippen MR) is 88.4 cm³/mol. The Balaban J connectivity index is 2.03. The lowest BCUT2D eigenvalue weighted by molar-refractivity contribution is 0.100. The Bertz CT molecular complexity index is 857. The average Bonchev–Trinajstić information content (AvgIpc) is 2.56. The first kappa shape index (κ1) is 14.6. The SMILES string of the molecule is Cc1ccc(-c2nc(-c3ccc(C(N)=O)cc3)cnc2N)cn1. The van der Waals surface area contributed by atoms with Crippen LogP contribution in [-0.4, -0.2) is 20.9 Å². The zero-order valence-corrected chi connectivity index (χ0v) is 12.5. The molecule has 0 aliphatic rings. The van der Waals surface area contributed by atoms with Crippen LogP contribution in [0, 0.1) is 6.92 Å². The largest absolute Gasteiger partial charge is 0.382 e. The Morgan fingerprint density at radius 3 is 2.26 bits per heavy atom. The highest BCUT2D eigenvalue weighted by Gasteiger charge is 2.10. The second-order valence-corrected chi connectivity index (χ2v) is 5.12. The van der Waals surface area contributed by atoms with Gasteiger partial charge in [0.15, 0.2) is 0 Å². The number of carbonyl (C=O) groups excluding carboxylic acids is 1. The number of primary amides is 1. The summed E-state index contributed by atoms with van der Waals surface area (Å²) in [5, 5.41) is 0. The summed E-state index contributed by atoms with van der Waals surface area (Å²) < 4.78 is 0. The number of nitrogen functional groups attached to an aromatic ring is 1. The molecule has 0 spiro atoms. The number of aryl methyl sites for hydroxylation is 1. The molecule has 0 aliphatic heterocycles. The monoisotopic (exact) mass is 305 g/mol. The normalized spacial score (nSPS) is 10.5. The third kappa shape index (κ3) is 3.01. The lowest BCUT2D eigenvalue weighted by atomic mass is 10.1. The van der Waals surface area contributed by atoms with E-state index in [1.807, 2.05) is 19.1 Å². The first-order valence-electron chi connectivity index (χ1n) is 7.00. The van der Waals surface area contributed by atoms with E-state index in [1.165, 1.54) is 0 Å². The maximum absolute atomic E-state index is 11.1. The van der Waals surface area contributed by atoms with Crippen LogP contribution >= 0.6 is 0 Å². The minimum absolute atomic E-state index is 0.341. The maximum Gasteiger partial charge on any atom is 0.248 e. The Hall–Kier alpha value is -3.28. The van der Waals surface area contributed by atoms with E-state index in [9.17, 15) is 4.79 Å². The first-order valence-corrected chi connectivity index (χ1v) is 7.00. The van der Waals surface area contributed by atoms with Gasteiger partial charge in [0.25, 0.3) is 0 Å². The number of carbonyl (C=O) groups is 1. The smallest absolute Gasteiger partial charge is 0.248 e. The average molecular weight is 305 g/mol. The number of hydrogen-bond acceptors (Lipinski definition) is 5. The first-order chi connectivity index (χ1) is 11.0. The van der Waals surface area contributed by atoms with Crippen molar-refractivity contribution >= 4 is 11.7 Å². The van der Waals surface area contributed by atoms with Crippen LogP contribution in [0.5, 0.6) is 0 Å². The minimum Gasteiger partial charge on any atom is -0.382 e. The van der Waals surface area contributed by atoms with Crippen LogP contribution in [0.2, 0.25) is 0 Å². The van der Waals surface area contributed by atoms with Crippen molar-refractivity contribution in [2.75, 3.05) is 5.73 Å². The van der Waals surface area contributed by atoms with E-state index in [-0.39, 0.29) is 0 Å². The van der Waals surface area contributed by atoms with Gasteiger partial charge in [-0.1, -0.05) is 12.1 Å². The number of nitrogens with zero attached hydrogens (tertiary/aromatic N) is 3. The number of aromatic nitrogens is 3. The van der Waals surface area contributed by atoms with E-state index >= 15 is 0 Å².